The first-order chi connectivity index (χ1) is 9.47. The van der Waals surface area contributed by atoms with Crippen LogP contribution in [0, 0.1) is 16.0 Å². The summed E-state index contributed by atoms with van der Waals surface area (Å²) in [6.07, 6.45) is 1.95. The molecule has 2 fully saturated rings. The standard InChI is InChI=1S/C12H20N4O4/c1-9-6-11(8-20-9)7-14-4-3-5-15(10(2)17)12(14)13-16(18)19/h9,11H,3-8H2,1-2H3. The lowest BCUT2D eigenvalue weighted by molar-refractivity contribution is -0.486. The van der Waals surface area contributed by atoms with Crippen molar-refractivity contribution in [2.75, 3.05) is 26.2 Å². The molecule has 2 atom stereocenters. The van der Waals surface area contributed by atoms with E-state index in [9.17, 15) is 14.9 Å². The van der Waals surface area contributed by atoms with E-state index in [4.69, 9.17) is 4.74 Å². The molecular weight excluding hydrogens is 264 g/mol. The van der Waals surface area contributed by atoms with Crippen molar-refractivity contribution in [1.29, 1.82) is 0 Å². The van der Waals surface area contributed by atoms with Crippen LogP contribution in [0.15, 0.2) is 5.10 Å². The number of amides is 1. The Morgan fingerprint density at radius 2 is 2.30 bits per heavy atom. The zero-order valence-electron chi connectivity index (χ0n) is 11.8. The molecule has 0 bridgehead atoms. The van der Waals surface area contributed by atoms with Crippen LogP contribution in [-0.2, 0) is 9.53 Å². The molecular formula is C12H20N4O4. The summed E-state index contributed by atoms with van der Waals surface area (Å²) in [6, 6.07) is 0. The fraction of sp³-hybridized carbons (Fsp3) is 0.833. The van der Waals surface area contributed by atoms with Gasteiger partial charge >= 0.3 is 0 Å². The SMILES string of the molecule is CC(=O)N1CCCN(CC2COC(C)C2)C1=N[N+](=O)[O-]. The minimum atomic E-state index is -0.739. The number of carbonyl (C=O) groups excluding carboxylic acids is 1. The average molecular weight is 284 g/mol. The lowest BCUT2D eigenvalue weighted by atomic mass is 10.1. The van der Waals surface area contributed by atoms with Crippen LogP contribution in [0.4, 0.5) is 0 Å². The Bertz CT molecular complexity index is 426. The van der Waals surface area contributed by atoms with Gasteiger partial charge in [-0.2, -0.15) is 0 Å². The number of nitrogens with zero attached hydrogens (tertiary/aromatic N) is 4. The minimum Gasteiger partial charge on any atom is -0.378 e. The maximum absolute atomic E-state index is 11.6. The van der Waals surface area contributed by atoms with Gasteiger partial charge in [0.15, 0.2) is 5.03 Å². The Hall–Kier alpha value is -1.70. The van der Waals surface area contributed by atoms with Crippen molar-refractivity contribution in [2.45, 2.75) is 32.8 Å². The third-order valence-corrected chi connectivity index (χ3v) is 3.65. The molecule has 0 aromatic rings. The molecule has 0 saturated carbocycles. The first-order valence-corrected chi connectivity index (χ1v) is 6.85. The second-order valence-electron chi connectivity index (χ2n) is 5.35. The zero-order valence-corrected chi connectivity index (χ0v) is 11.8. The number of ether oxygens (including phenoxy) is 1. The number of carbonyl (C=O) groups is 1. The number of guanidine groups is 1. The molecule has 0 spiro atoms. The quantitative estimate of drug-likeness (QED) is 0.556. The van der Waals surface area contributed by atoms with Crippen molar-refractivity contribution in [1.82, 2.24) is 9.80 Å². The molecule has 0 aliphatic carbocycles. The van der Waals surface area contributed by atoms with Crippen LogP contribution in [0.1, 0.15) is 26.7 Å². The number of hydrogen-bond acceptors (Lipinski definition) is 4. The fourth-order valence-corrected chi connectivity index (χ4v) is 2.80. The van der Waals surface area contributed by atoms with Crippen molar-refractivity contribution in [2.24, 2.45) is 11.0 Å². The normalized spacial score (nSPS) is 29.0. The van der Waals surface area contributed by atoms with Crippen molar-refractivity contribution in [3.05, 3.63) is 10.1 Å². The molecule has 0 N–H and O–H groups in total. The van der Waals surface area contributed by atoms with Crippen LogP contribution < -0.4 is 0 Å². The van der Waals surface area contributed by atoms with Gasteiger partial charge < -0.3 is 9.64 Å². The van der Waals surface area contributed by atoms with E-state index >= 15 is 0 Å². The van der Waals surface area contributed by atoms with Crippen LogP contribution in [-0.4, -0.2) is 59.0 Å². The predicted octanol–water partition coefficient (Wildman–Crippen LogP) is 0.513. The van der Waals surface area contributed by atoms with Crippen molar-refractivity contribution < 1.29 is 14.6 Å². The highest BCUT2D eigenvalue weighted by atomic mass is 16.7. The van der Waals surface area contributed by atoms with Gasteiger partial charge in [0.1, 0.15) is 5.10 Å². The van der Waals surface area contributed by atoms with Gasteiger partial charge in [0.05, 0.1) is 12.7 Å². The summed E-state index contributed by atoms with van der Waals surface area (Å²) in [7, 11) is 0. The topological polar surface area (TPSA) is 88.3 Å². The Morgan fingerprint density at radius 1 is 1.55 bits per heavy atom. The molecule has 8 heteroatoms. The van der Waals surface area contributed by atoms with E-state index in [-0.39, 0.29) is 18.0 Å². The molecule has 2 heterocycles. The fourth-order valence-electron chi connectivity index (χ4n) is 2.80. The van der Waals surface area contributed by atoms with E-state index in [1.165, 1.54) is 11.8 Å². The highest BCUT2D eigenvalue weighted by molar-refractivity contribution is 5.96. The molecule has 2 saturated heterocycles. The molecule has 0 aromatic carbocycles. The van der Waals surface area contributed by atoms with Crippen LogP contribution >= 0.6 is 0 Å². The van der Waals surface area contributed by atoms with E-state index in [0.717, 1.165) is 12.8 Å². The van der Waals surface area contributed by atoms with Crippen molar-refractivity contribution in [3.8, 4) is 0 Å². The molecule has 2 rings (SSSR count). The van der Waals surface area contributed by atoms with Gasteiger partial charge in [-0.25, -0.2) is 10.1 Å². The number of rotatable bonds is 3. The van der Waals surface area contributed by atoms with Gasteiger partial charge in [0.2, 0.25) is 5.91 Å². The van der Waals surface area contributed by atoms with Crippen LogP contribution in [0.5, 0.6) is 0 Å². The Kier molecular flexibility index (Phi) is 4.53. The van der Waals surface area contributed by atoms with Gasteiger partial charge in [-0.15, -0.1) is 0 Å². The summed E-state index contributed by atoms with van der Waals surface area (Å²) in [5.74, 6) is 0.272. The minimum absolute atomic E-state index is 0.160. The molecule has 8 nitrogen and oxygen atoms in total. The lowest BCUT2D eigenvalue weighted by Gasteiger charge is -2.36. The van der Waals surface area contributed by atoms with Crippen LogP contribution in [0.25, 0.3) is 0 Å². The van der Waals surface area contributed by atoms with E-state index in [2.05, 4.69) is 5.10 Å². The van der Waals surface area contributed by atoms with Gasteiger partial charge in [0, 0.05) is 32.5 Å². The summed E-state index contributed by atoms with van der Waals surface area (Å²) in [4.78, 5) is 25.5. The van der Waals surface area contributed by atoms with Gasteiger partial charge in [0.25, 0.3) is 5.96 Å². The maximum atomic E-state index is 11.6. The van der Waals surface area contributed by atoms with Crippen LogP contribution in [0.2, 0.25) is 0 Å². The number of hydrazone groups is 1. The molecule has 1 amide bonds. The molecule has 2 unspecified atom stereocenters. The van der Waals surface area contributed by atoms with Crippen LogP contribution in [0.3, 0.4) is 0 Å². The predicted molar refractivity (Wildman–Crippen MR) is 71.5 cm³/mol. The molecule has 20 heavy (non-hydrogen) atoms. The number of hydrogen-bond donors (Lipinski definition) is 0. The molecule has 2 aliphatic rings. The Balaban J connectivity index is 2.12. The third-order valence-electron chi connectivity index (χ3n) is 3.65. The summed E-state index contributed by atoms with van der Waals surface area (Å²) < 4.78 is 5.52. The maximum Gasteiger partial charge on any atom is 0.280 e. The first-order valence-electron chi connectivity index (χ1n) is 6.85. The first kappa shape index (κ1) is 14.7. The third kappa shape index (κ3) is 3.44. The van der Waals surface area contributed by atoms with Gasteiger partial charge in [-0.05, 0) is 19.8 Å². The molecule has 0 radical (unpaired) electrons. The van der Waals surface area contributed by atoms with E-state index in [0.29, 0.717) is 32.2 Å². The average Bonchev–Trinajstić information content (AvgIpc) is 2.76. The monoisotopic (exact) mass is 284 g/mol. The lowest BCUT2D eigenvalue weighted by Crippen LogP contribution is -2.53. The summed E-state index contributed by atoms with van der Waals surface area (Å²) in [5, 5.41) is 13.4. The second-order valence-corrected chi connectivity index (χ2v) is 5.35. The Morgan fingerprint density at radius 3 is 2.85 bits per heavy atom. The molecule has 0 aromatic heterocycles. The summed E-state index contributed by atoms with van der Waals surface area (Å²) >= 11 is 0. The highest BCUT2D eigenvalue weighted by Crippen LogP contribution is 2.22. The highest BCUT2D eigenvalue weighted by Gasteiger charge is 2.33. The Labute approximate surface area is 117 Å². The summed E-state index contributed by atoms with van der Waals surface area (Å²) in [5.41, 5.74) is 0. The number of nitro groups is 1. The largest absolute Gasteiger partial charge is 0.378 e. The van der Waals surface area contributed by atoms with E-state index in [1.54, 1.807) is 0 Å². The van der Waals surface area contributed by atoms with Crippen molar-refractivity contribution in [3.63, 3.8) is 0 Å². The van der Waals surface area contributed by atoms with E-state index in [1.807, 2.05) is 11.8 Å². The molecule has 112 valence electrons. The van der Waals surface area contributed by atoms with Gasteiger partial charge in [-0.3, -0.25) is 9.69 Å². The van der Waals surface area contributed by atoms with Gasteiger partial charge in [-0.1, -0.05) is 0 Å². The summed E-state index contributed by atoms with van der Waals surface area (Å²) in [6.45, 7) is 5.88. The second kappa shape index (κ2) is 6.17. The van der Waals surface area contributed by atoms with Crippen molar-refractivity contribution >= 4 is 11.9 Å². The van der Waals surface area contributed by atoms with E-state index < -0.39 is 5.03 Å². The smallest absolute Gasteiger partial charge is 0.280 e. The zero-order chi connectivity index (χ0) is 14.7. The molecule has 2 aliphatic heterocycles.